The molecule has 0 aromatic heterocycles. The van der Waals surface area contributed by atoms with Gasteiger partial charge in [0.2, 0.25) is 0 Å². The highest BCUT2D eigenvalue weighted by Gasteiger charge is 2.30. The smallest absolute Gasteiger partial charge is 0.462 e. The molecule has 0 aliphatic carbocycles. The Morgan fingerprint density at radius 2 is 0.568 bits per heavy atom. The minimum absolute atomic E-state index is 0.102. The van der Waals surface area contributed by atoms with Crippen LogP contribution in [-0.2, 0) is 65.4 Å². The number of carbonyl (C=O) groups excluding carboxylic acids is 4. The molecule has 0 fully saturated rings. The molecule has 0 saturated heterocycles. The molecule has 0 heterocycles. The topological polar surface area (TPSA) is 237 Å². The Balaban J connectivity index is 5.22. The summed E-state index contributed by atoms with van der Waals surface area (Å²) in [7, 11) is -9.92. The quantitative estimate of drug-likeness (QED) is 0.0169. The van der Waals surface area contributed by atoms with Gasteiger partial charge in [-0.3, -0.25) is 37.3 Å². The van der Waals surface area contributed by atoms with Crippen molar-refractivity contribution in [1.82, 2.24) is 0 Å². The van der Waals surface area contributed by atoms with Gasteiger partial charge in [-0.05, 0) is 57.3 Å². The van der Waals surface area contributed by atoms with Crippen LogP contribution in [0, 0.1) is 5.92 Å². The lowest BCUT2D eigenvalue weighted by Gasteiger charge is -2.21. The minimum atomic E-state index is -4.96. The summed E-state index contributed by atoms with van der Waals surface area (Å²) in [5.74, 6) is -1.37. The number of rotatable bonds is 74. The molecule has 0 aliphatic heterocycles. The Hall–Kier alpha value is -2.46. The maximum Gasteiger partial charge on any atom is 0.472 e. The number of aliphatic hydroxyl groups excluding tert-OH is 1. The molecule has 95 heavy (non-hydrogen) atoms. The fourth-order valence-corrected chi connectivity index (χ4v) is 12.7. The summed E-state index contributed by atoms with van der Waals surface area (Å²) in [4.78, 5) is 72.7. The van der Waals surface area contributed by atoms with Crippen molar-refractivity contribution in [2.45, 2.75) is 393 Å². The van der Waals surface area contributed by atoms with Crippen LogP contribution >= 0.6 is 15.6 Å². The van der Waals surface area contributed by atoms with Gasteiger partial charge in [0.15, 0.2) is 12.2 Å². The highest BCUT2D eigenvalue weighted by molar-refractivity contribution is 7.47. The third-order valence-corrected chi connectivity index (χ3v) is 19.1. The number of carbonyl (C=O) groups is 4. The van der Waals surface area contributed by atoms with Gasteiger partial charge in [-0.25, -0.2) is 9.13 Å². The first-order chi connectivity index (χ1) is 46.0. The van der Waals surface area contributed by atoms with Gasteiger partial charge in [0.1, 0.15) is 19.3 Å². The van der Waals surface area contributed by atoms with E-state index in [1.165, 1.54) is 167 Å². The molecule has 560 valence electrons. The van der Waals surface area contributed by atoms with Gasteiger partial charge in [-0.2, -0.15) is 0 Å². The summed E-state index contributed by atoms with van der Waals surface area (Å²) in [6, 6.07) is 0. The van der Waals surface area contributed by atoms with Crippen molar-refractivity contribution in [3.05, 3.63) is 24.3 Å². The molecule has 5 atom stereocenters. The first-order valence-electron chi connectivity index (χ1n) is 39.0. The molecule has 0 bridgehead atoms. The zero-order valence-corrected chi connectivity index (χ0v) is 63.1. The molecule has 2 unspecified atom stereocenters. The predicted molar refractivity (Wildman–Crippen MR) is 386 cm³/mol. The van der Waals surface area contributed by atoms with E-state index in [2.05, 4.69) is 58.9 Å². The molecule has 0 rings (SSSR count). The van der Waals surface area contributed by atoms with Crippen LogP contribution in [0.25, 0.3) is 0 Å². The highest BCUT2D eigenvalue weighted by atomic mass is 31.2. The van der Waals surface area contributed by atoms with E-state index in [-0.39, 0.29) is 25.7 Å². The van der Waals surface area contributed by atoms with Crippen molar-refractivity contribution < 1.29 is 80.2 Å². The Labute approximate surface area is 580 Å². The second-order valence-corrected chi connectivity index (χ2v) is 30.1. The van der Waals surface area contributed by atoms with E-state index in [1.54, 1.807) is 0 Å². The van der Waals surface area contributed by atoms with Crippen molar-refractivity contribution in [3.8, 4) is 0 Å². The standard InChI is InChI=1S/C76H144O17P2/c1-6-9-12-15-18-20-22-24-26-27-28-30-32-37-41-46-51-56-61-76(81)93-72(66-87-74(79)60-55-50-45-40-36-31-29-25-23-21-19-16-13-10-7-2)68-91-95(84,85)89-64-70(77)63-88-94(82,83)90-67-71(65-86-73(78)59-54-49-43-17-14-11-8-3)92-75(80)62-57-52-47-42-38-34-33-35-39-44-48-53-58-69(4)5/h21,23,25,29,69-72,77H,6-20,22,24,26-28,30-68H2,1-5H3,(H,82,83)(H,84,85)/b23-21-,29-25-/t70-,71+,72+/m0/s1. The van der Waals surface area contributed by atoms with Gasteiger partial charge >= 0.3 is 39.5 Å². The minimum Gasteiger partial charge on any atom is -0.462 e. The molecule has 3 N–H and O–H groups in total. The number of esters is 4. The largest absolute Gasteiger partial charge is 0.472 e. The van der Waals surface area contributed by atoms with Crippen LogP contribution in [0.15, 0.2) is 24.3 Å². The SMILES string of the molecule is CCCCCC/C=C\C=C/CCCCCCCC(=O)OC[C@H](COP(=O)(O)OC[C@@H](O)COP(=O)(O)OC[C@@H](COC(=O)CCCCCCCCC)OC(=O)CCCCCCCCCCCCCCC(C)C)OC(=O)CCCCCCCCCCCCCCCCCCCC. The molecule has 0 radical (unpaired) electrons. The van der Waals surface area contributed by atoms with E-state index in [9.17, 15) is 43.2 Å². The molecule has 0 amide bonds. The second-order valence-electron chi connectivity index (χ2n) is 27.2. The van der Waals surface area contributed by atoms with Gasteiger partial charge in [0, 0.05) is 25.7 Å². The average molecular weight is 1390 g/mol. The van der Waals surface area contributed by atoms with Crippen LogP contribution in [0.2, 0.25) is 0 Å². The van der Waals surface area contributed by atoms with E-state index in [4.69, 9.17) is 37.0 Å². The number of unbranched alkanes of at least 4 members (excludes halogenated alkanes) is 43. The Morgan fingerprint density at radius 1 is 0.326 bits per heavy atom. The molecule has 0 aromatic rings. The number of phosphoric acid groups is 2. The fourth-order valence-electron chi connectivity index (χ4n) is 11.2. The average Bonchev–Trinajstić information content (AvgIpc) is 1.65. The van der Waals surface area contributed by atoms with Crippen LogP contribution in [0.5, 0.6) is 0 Å². The molecule has 0 aliphatic rings. The van der Waals surface area contributed by atoms with Crippen LogP contribution in [-0.4, -0.2) is 96.7 Å². The van der Waals surface area contributed by atoms with Gasteiger partial charge < -0.3 is 33.8 Å². The van der Waals surface area contributed by atoms with Gasteiger partial charge in [-0.1, -0.05) is 322 Å². The first-order valence-corrected chi connectivity index (χ1v) is 41.9. The fraction of sp³-hybridized carbons (Fsp3) is 0.895. The summed E-state index contributed by atoms with van der Waals surface area (Å²) in [5.41, 5.74) is 0. The molecule has 0 aromatic carbocycles. The predicted octanol–water partition coefficient (Wildman–Crippen LogP) is 22.0. The molecule has 19 heteroatoms. The summed E-state index contributed by atoms with van der Waals surface area (Å²) in [5, 5.41) is 10.6. The highest BCUT2D eigenvalue weighted by Crippen LogP contribution is 2.45. The number of hydrogen-bond acceptors (Lipinski definition) is 15. The number of ether oxygens (including phenoxy) is 4. The van der Waals surface area contributed by atoms with E-state index in [0.29, 0.717) is 25.7 Å². The number of aliphatic hydroxyl groups is 1. The Kier molecular flexibility index (Phi) is 66.9. The maximum absolute atomic E-state index is 13.1. The molecule has 0 saturated carbocycles. The van der Waals surface area contributed by atoms with E-state index >= 15 is 0 Å². The van der Waals surface area contributed by atoms with Gasteiger partial charge in [-0.15, -0.1) is 0 Å². The third kappa shape index (κ3) is 69.8. The van der Waals surface area contributed by atoms with Gasteiger partial charge in [0.05, 0.1) is 26.4 Å². The van der Waals surface area contributed by atoms with Crippen LogP contribution in [0.3, 0.4) is 0 Å². The third-order valence-electron chi connectivity index (χ3n) is 17.2. The number of hydrogen-bond donors (Lipinski definition) is 3. The lowest BCUT2D eigenvalue weighted by Crippen LogP contribution is -2.30. The monoisotopic (exact) mass is 1390 g/mol. The lowest BCUT2D eigenvalue weighted by molar-refractivity contribution is -0.161. The van der Waals surface area contributed by atoms with Crippen molar-refractivity contribution in [3.63, 3.8) is 0 Å². The van der Waals surface area contributed by atoms with E-state index in [1.807, 2.05) is 0 Å². The summed E-state index contributed by atoms with van der Waals surface area (Å²) in [6.45, 7) is 7.19. The number of phosphoric ester groups is 2. The zero-order chi connectivity index (χ0) is 69.8. The molecule has 0 spiro atoms. The molecular formula is C76H144O17P2. The molecular weight excluding hydrogens is 1250 g/mol. The van der Waals surface area contributed by atoms with Crippen LogP contribution in [0.4, 0.5) is 0 Å². The van der Waals surface area contributed by atoms with Gasteiger partial charge in [0.25, 0.3) is 0 Å². The van der Waals surface area contributed by atoms with Crippen molar-refractivity contribution in [2.75, 3.05) is 39.6 Å². The summed E-state index contributed by atoms with van der Waals surface area (Å²) in [6.07, 6.45) is 60.6. The van der Waals surface area contributed by atoms with Crippen LogP contribution < -0.4 is 0 Å². The zero-order valence-electron chi connectivity index (χ0n) is 61.3. The number of allylic oxidation sites excluding steroid dienone is 4. The molecule has 17 nitrogen and oxygen atoms in total. The first kappa shape index (κ1) is 92.5. The Morgan fingerprint density at radius 3 is 0.863 bits per heavy atom. The second kappa shape index (κ2) is 68.7. The normalized spacial score (nSPS) is 14.1. The Bertz CT molecular complexity index is 1920. The van der Waals surface area contributed by atoms with Crippen molar-refractivity contribution in [2.24, 2.45) is 5.92 Å². The maximum atomic E-state index is 13.1. The lowest BCUT2D eigenvalue weighted by atomic mass is 10.0. The van der Waals surface area contributed by atoms with E-state index < -0.39 is 97.5 Å². The summed E-state index contributed by atoms with van der Waals surface area (Å²) < 4.78 is 68.4. The van der Waals surface area contributed by atoms with Crippen molar-refractivity contribution >= 4 is 39.5 Å². The van der Waals surface area contributed by atoms with Crippen LogP contribution in [0.1, 0.15) is 375 Å². The van der Waals surface area contributed by atoms with E-state index in [0.717, 1.165) is 128 Å². The summed E-state index contributed by atoms with van der Waals surface area (Å²) >= 11 is 0. The van der Waals surface area contributed by atoms with Crippen molar-refractivity contribution in [1.29, 1.82) is 0 Å².